The van der Waals surface area contributed by atoms with Gasteiger partial charge in [-0.1, -0.05) is 6.92 Å². The number of aromatic carboxylic acids is 1. The molecule has 6 heteroatoms. The minimum atomic E-state index is -1.15. The lowest BCUT2D eigenvalue weighted by Gasteiger charge is -2.28. The number of hydrogen-bond donors (Lipinski definition) is 2. The first kappa shape index (κ1) is 14.3. The molecule has 6 nitrogen and oxygen atoms in total. The van der Waals surface area contributed by atoms with E-state index in [2.05, 4.69) is 17.2 Å². The van der Waals surface area contributed by atoms with Crippen molar-refractivity contribution in [3.05, 3.63) is 24.0 Å². The highest BCUT2D eigenvalue weighted by Crippen LogP contribution is 2.27. The quantitative estimate of drug-likeness (QED) is 0.889. The van der Waals surface area contributed by atoms with Crippen LogP contribution in [0.3, 0.4) is 0 Å². The third-order valence-electron chi connectivity index (χ3n) is 3.74. The summed E-state index contributed by atoms with van der Waals surface area (Å²) in [4.78, 5) is 29.0. The summed E-state index contributed by atoms with van der Waals surface area (Å²) >= 11 is 0. The summed E-state index contributed by atoms with van der Waals surface area (Å²) in [5.41, 5.74) is 0.0969. The van der Waals surface area contributed by atoms with E-state index in [1.807, 2.05) is 6.92 Å². The monoisotopic (exact) mass is 277 g/mol. The summed E-state index contributed by atoms with van der Waals surface area (Å²) in [6, 6.07) is 3.29. The van der Waals surface area contributed by atoms with Crippen LogP contribution in [0.25, 0.3) is 0 Å². The van der Waals surface area contributed by atoms with E-state index in [1.165, 1.54) is 6.20 Å². The van der Waals surface area contributed by atoms with Gasteiger partial charge in [0.15, 0.2) is 5.69 Å². The standard InChI is InChI=1S/C14H19N3O3/c1-3-10-7-6-9(2)17(10)14(20)16-11-5-4-8-15-12(11)13(18)19/h4-5,8-10H,3,6-7H2,1-2H3,(H,16,20)(H,18,19). The van der Waals surface area contributed by atoms with Gasteiger partial charge in [-0.15, -0.1) is 0 Å². The second kappa shape index (κ2) is 5.90. The third kappa shape index (κ3) is 2.74. The number of carbonyl (C=O) groups excluding carboxylic acids is 1. The van der Waals surface area contributed by atoms with E-state index in [9.17, 15) is 9.59 Å². The summed E-state index contributed by atoms with van der Waals surface area (Å²) < 4.78 is 0. The van der Waals surface area contributed by atoms with Gasteiger partial charge in [-0.25, -0.2) is 14.6 Å². The van der Waals surface area contributed by atoms with Crippen molar-refractivity contribution in [2.75, 3.05) is 5.32 Å². The molecule has 1 aromatic heterocycles. The zero-order valence-corrected chi connectivity index (χ0v) is 11.7. The van der Waals surface area contributed by atoms with Crippen LogP contribution in [0.5, 0.6) is 0 Å². The number of carbonyl (C=O) groups is 2. The number of likely N-dealkylation sites (tertiary alicyclic amines) is 1. The van der Waals surface area contributed by atoms with Gasteiger partial charge in [-0.3, -0.25) is 0 Å². The van der Waals surface area contributed by atoms with Crippen molar-refractivity contribution < 1.29 is 14.7 Å². The Hall–Kier alpha value is -2.11. The van der Waals surface area contributed by atoms with E-state index in [0.29, 0.717) is 0 Å². The lowest BCUT2D eigenvalue weighted by Crippen LogP contribution is -2.42. The molecule has 2 heterocycles. The third-order valence-corrected chi connectivity index (χ3v) is 3.74. The Labute approximate surface area is 117 Å². The molecule has 0 bridgehead atoms. The van der Waals surface area contributed by atoms with Gasteiger partial charge in [-0.05, 0) is 38.3 Å². The highest BCUT2D eigenvalue weighted by Gasteiger charge is 2.33. The molecule has 0 saturated carbocycles. The molecule has 1 aromatic rings. The Bertz CT molecular complexity index is 518. The minimum Gasteiger partial charge on any atom is -0.476 e. The van der Waals surface area contributed by atoms with Crippen LogP contribution in [0, 0.1) is 0 Å². The first-order valence-corrected chi connectivity index (χ1v) is 6.82. The normalized spacial score (nSPS) is 21.8. The van der Waals surface area contributed by atoms with E-state index in [4.69, 9.17) is 5.11 Å². The van der Waals surface area contributed by atoms with Crippen LogP contribution in [-0.2, 0) is 0 Å². The first-order chi connectivity index (χ1) is 9.54. The number of carboxylic acids is 1. The Kier molecular flexibility index (Phi) is 4.22. The maximum atomic E-state index is 12.4. The van der Waals surface area contributed by atoms with Crippen LogP contribution in [-0.4, -0.2) is 39.1 Å². The molecule has 0 aliphatic carbocycles. The van der Waals surface area contributed by atoms with Gasteiger partial charge in [0.2, 0.25) is 0 Å². The van der Waals surface area contributed by atoms with Crippen molar-refractivity contribution in [3.63, 3.8) is 0 Å². The highest BCUT2D eigenvalue weighted by molar-refractivity contribution is 5.98. The lowest BCUT2D eigenvalue weighted by atomic mass is 10.2. The average Bonchev–Trinajstić information content (AvgIpc) is 2.80. The zero-order chi connectivity index (χ0) is 14.7. The van der Waals surface area contributed by atoms with E-state index in [1.54, 1.807) is 17.0 Å². The van der Waals surface area contributed by atoms with Crippen molar-refractivity contribution in [3.8, 4) is 0 Å². The van der Waals surface area contributed by atoms with Crippen LogP contribution in [0.4, 0.5) is 10.5 Å². The van der Waals surface area contributed by atoms with Crippen LogP contribution >= 0.6 is 0 Å². The van der Waals surface area contributed by atoms with Gasteiger partial charge in [0, 0.05) is 18.3 Å². The predicted octanol–water partition coefficient (Wildman–Crippen LogP) is 2.57. The molecule has 1 aliphatic rings. The average molecular weight is 277 g/mol. The molecule has 2 rings (SSSR count). The SMILES string of the molecule is CCC1CCC(C)N1C(=O)Nc1cccnc1C(=O)O. The van der Waals surface area contributed by atoms with Gasteiger partial charge in [0.05, 0.1) is 5.69 Å². The molecule has 2 atom stereocenters. The number of nitrogens with one attached hydrogen (secondary N) is 1. The van der Waals surface area contributed by atoms with Crippen molar-refractivity contribution in [1.82, 2.24) is 9.88 Å². The van der Waals surface area contributed by atoms with Crippen molar-refractivity contribution in [2.24, 2.45) is 0 Å². The van der Waals surface area contributed by atoms with E-state index < -0.39 is 5.97 Å². The molecule has 108 valence electrons. The smallest absolute Gasteiger partial charge is 0.356 e. The van der Waals surface area contributed by atoms with Gasteiger partial charge >= 0.3 is 12.0 Å². The van der Waals surface area contributed by atoms with Crippen LogP contribution < -0.4 is 5.32 Å². The largest absolute Gasteiger partial charge is 0.476 e. The van der Waals surface area contributed by atoms with Crippen molar-refractivity contribution in [2.45, 2.75) is 45.2 Å². The molecule has 0 aromatic carbocycles. The molecule has 2 amide bonds. The number of amides is 2. The molecule has 2 unspecified atom stereocenters. The second-order valence-electron chi connectivity index (χ2n) is 5.03. The molecule has 0 radical (unpaired) electrons. The number of aromatic nitrogens is 1. The maximum Gasteiger partial charge on any atom is 0.356 e. The number of rotatable bonds is 3. The molecular formula is C14H19N3O3. The van der Waals surface area contributed by atoms with Crippen LogP contribution in [0.1, 0.15) is 43.6 Å². The van der Waals surface area contributed by atoms with Crippen LogP contribution in [0.2, 0.25) is 0 Å². The molecule has 20 heavy (non-hydrogen) atoms. The predicted molar refractivity (Wildman–Crippen MR) is 74.8 cm³/mol. The Balaban J connectivity index is 2.18. The number of hydrogen-bond acceptors (Lipinski definition) is 3. The fourth-order valence-corrected chi connectivity index (χ4v) is 2.69. The fraction of sp³-hybridized carbons (Fsp3) is 0.500. The number of anilines is 1. The lowest BCUT2D eigenvalue weighted by molar-refractivity contribution is 0.0691. The van der Waals surface area contributed by atoms with Crippen molar-refractivity contribution in [1.29, 1.82) is 0 Å². The van der Waals surface area contributed by atoms with Gasteiger partial charge in [0.1, 0.15) is 0 Å². The Morgan fingerprint density at radius 2 is 2.25 bits per heavy atom. The van der Waals surface area contributed by atoms with Crippen molar-refractivity contribution >= 4 is 17.7 Å². The molecule has 1 saturated heterocycles. The molecule has 1 fully saturated rings. The van der Waals surface area contributed by atoms with Gasteiger partial charge in [0.25, 0.3) is 0 Å². The van der Waals surface area contributed by atoms with Crippen LogP contribution in [0.15, 0.2) is 18.3 Å². The number of urea groups is 1. The van der Waals surface area contributed by atoms with E-state index in [-0.39, 0.29) is 29.5 Å². The minimum absolute atomic E-state index is 0.138. The number of nitrogens with zero attached hydrogens (tertiary/aromatic N) is 2. The molecule has 1 aliphatic heterocycles. The van der Waals surface area contributed by atoms with E-state index >= 15 is 0 Å². The second-order valence-corrected chi connectivity index (χ2v) is 5.03. The number of pyridine rings is 1. The van der Waals surface area contributed by atoms with E-state index in [0.717, 1.165) is 19.3 Å². The molecule has 0 spiro atoms. The Morgan fingerprint density at radius 3 is 2.90 bits per heavy atom. The van der Waals surface area contributed by atoms with Gasteiger partial charge < -0.3 is 15.3 Å². The Morgan fingerprint density at radius 1 is 1.50 bits per heavy atom. The summed E-state index contributed by atoms with van der Waals surface area (Å²) in [6.07, 6.45) is 4.26. The maximum absolute atomic E-state index is 12.4. The topological polar surface area (TPSA) is 82.5 Å². The summed E-state index contributed by atoms with van der Waals surface area (Å²) in [7, 11) is 0. The van der Waals surface area contributed by atoms with Gasteiger partial charge in [-0.2, -0.15) is 0 Å². The highest BCUT2D eigenvalue weighted by atomic mass is 16.4. The molecular weight excluding hydrogens is 258 g/mol. The summed E-state index contributed by atoms with van der Waals surface area (Å²) in [6.45, 7) is 4.06. The summed E-state index contributed by atoms with van der Waals surface area (Å²) in [5.74, 6) is -1.15. The first-order valence-electron chi connectivity index (χ1n) is 6.82. The summed E-state index contributed by atoms with van der Waals surface area (Å²) in [5, 5.41) is 11.7. The zero-order valence-electron chi connectivity index (χ0n) is 11.7. The molecule has 2 N–H and O–H groups in total. The number of carboxylic acid groups (broad SMARTS) is 1. The fourth-order valence-electron chi connectivity index (χ4n) is 2.69.